The van der Waals surface area contributed by atoms with Crippen molar-refractivity contribution < 1.29 is 29.6 Å². The van der Waals surface area contributed by atoms with Gasteiger partial charge in [-0.15, -0.1) is 0 Å². The van der Waals surface area contributed by atoms with E-state index in [0.29, 0.717) is 6.42 Å². The number of hydrogen-bond donors (Lipinski definition) is 2. The highest BCUT2D eigenvalue weighted by atomic mass is 17.2. The smallest absolute Gasteiger partial charge is 0.375 e. The van der Waals surface area contributed by atoms with Crippen molar-refractivity contribution in [3.63, 3.8) is 0 Å². The molecule has 0 radical (unpaired) electrons. The molecular weight excluding hydrogens is 252 g/mol. The Morgan fingerprint density at radius 3 is 1.74 bits per heavy atom. The minimum Gasteiger partial charge on any atom is -0.478 e. The molecule has 0 saturated heterocycles. The summed E-state index contributed by atoms with van der Waals surface area (Å²) in [6.45, 7) is 10.0. The van der Waals surface area contributed by atoms with Crippen LogP contribution in [0.4, 0.5) is 0 Å². The summed E-state index contributed by atoms with van der Waals surface area (Å²) in [4.78, 5) is 32.2. The van der Waals surface area contributed by atoms with Crippen LogP contribution in [0.5, 0.6) is 0 Å². The molecule has 0 spiro atoms. The molecule has 110 valence electrons. The molecule has 0 bridgehead atoms. The zero-order valence-corrected chi connectivity index (χ0v) is 12.2. The number of carboxylic acids is 2. The van der Waals surface area contributed by atoms with Gasteiger partial charge in [-0.05, 0) is 25.7 Å². The second kappa shape index (κ2) is 6.06. The van der Waals surface area contributed by atoms with E-state index in [1.807, 2.05) is 6.92 Å². The third-order valence-corrected chi connectivity index (χ3v) is 2.59. The van der Waals surface area contributed by atoms with E-state index in [2.05, 4.69) is 0 Å². The number of aliphatic carboxylic acids is 2. The summed E-state index contributed by atoms with van der Waals surface area (Å²) in [6.07, 6.45) is 0.581. The Morgan fingerprint density at radius 1 is 1.00 bits per heavy atom. The molecule has 0 aliphatic rings. The van der Waals surface area contributed by atoms with Gasteiger partial charge in [0, 0.05) is 0 Å². The van der Waals surface area contributed by atoms with Gasteiger partial charge in [0.05, 0.1) is 5.57 Å². The molecule has 19 heavy (non-hydrogen) atoms. The molecule has 0 fully saturated rings. The summed E-state index contributed by atoms with van der Waals surface area (Å²) >= 11 is 0. The Morgan fingerprint density at radius 2 is 1.47 bits per heavy atom. The van der Waals surface area contributed by atoms with E-state index >= 15 is 0 Å². The normalized spacial score (nSPS) is 13.8. The molecule has 0 aromatic heterocycles. The largest absolute Gasteiger partial charge is 0.478 e. The average molecular weight is 274 g/mol. The van der Waals surface area contributed by atoms with Gasteiger partial charge in [-0.3, -0.25) is 0 Å². The highest BCUT2D eigenvalue weighted by molar-refractivity contribution is 5.98. The highest BCUT2D eigenvalue weighted by Crippen LogP contribution is 2.30. The summed E-state index contributed by atoms with van der Waals surface area (Å²) < 4.78 is 0. The van der Waals surface area contributed by atoms with Crippen LogP contribution in [0.15, 0.2) is 11.3 Å². The lowest BCUT2D eigenvalue weighted by atomic mass is 9.85. The molecule has 0 aromatic carbocycles. The molecule has 0 amide bonds. The highest BCUT2D eigenvalue weighted by Gasteiger charge is 2.34. The first kappa shape index (κ1) is 17.4. The molecule has 0 unspecified atom stereocenters. The number of carboxylic acid groups (broad SMARTS) is 2. The summed E-state index contributed by atoms with van der Waals surface area (Å²) in [7, 11) is 0. The monoisotopic (exact) mass is 274 g/mol. The van der Waals surface area contributed by atoms with Gasteiger partial charge >= 0.3 is 11.9 Å². The lowest BCUT2D eigenvalue weighted by Crippen LogP contribution is -2.28. The van der Waals surface area contributed by atoms with Gasteiger partial charge in [0.15, 0.2) is 0 Å². The van der Waals surface area contributed by atoms with Gasteiger partial charge in [-0.2, -0.15) is 4.89 Å². The predicted molar refractivity (Wildman–Crippen MR) is 68.3 cm³/mol. The standard InChI is InChI=1S/C13H22O6/c1-7-13(5,6)19-18-9(11(16)17)8(10(14)15)12(2,3)4/h7H2,1-6H3,(H,14,15)(H,16,17)/b9-8+. The van der Waals surface area contributed by atoms with Crippen LogP contribution in [0.2, 0.25) is 0 Å². The minimum atomic E-state index is -1.47. The summed E-state index contributed by atoms with van der Waals surface area (Å²) in [5, 5.41) is 18.3. The molecule has 0 saturated carbocycles. The van der Waals surface area contributed by atoms with E-state index in [1.54, 1.807) is 34.6 Å². The van der Waals surface area contributed by atoms with E-state index < -0.39 is 28.7 Å². The quantitative estimate of drug-likeness (QED) is 0.335. The van der Waals surface area contributed by atoms with Crippen molar-refractivity contribution >= 4 is 11.9 Å². The fourth-order valence-electron chi connectivity index (χ4n) is 1.16. The Balaban J connectivity index is 5.51. The first-order chi connectivity index (χ1) is 8.42. The molecule has 0 heterocycles. The van der Waals surface area contributed by atoms with Crippen LogP contribution in [0, 0.1) is 5.41 Å². The van der Waals surface area contributed by atoms with E-state index in [4.69, 9.17) is 20.0 Å². The molecule has 0 aliphatic heterocycles. The van der Waals surface area contributed by atoms with E-state index in [1.165, 1.54) is 0 Å². The molecular formula is C13H22O6. The molecule has 6 heteroatoms. The first-order valence-corrected chi connectivity index (χ1v) is 5.99. The maximum absolute atomic E-state index is 11.2. The lowest BCUT2D eigenvalue weighted by Gasteiger charge is -2.25. The Bertz CT molecular complexity index is 386. The fraction of sp³-hybridized carbons (Fsp3) is 0.692. The first-order valence-electron chi connectivity index (χ1n) is 5.99. The maximum atomic E-state index is 11.2. The number of rotatable bonds is 6. The van der Waals surface area contributed by atoms with Crippen molar-refractivity contribution in [3.8, 4) is 0 Å². The number of hydrogen-bond acceptors (Lipinski definition) is 4. The van der Waals surface area contributed by atoms with Crippen molar-refractivity contribution in [2.24, 2.45) is 5.41 Å². The summed E-state index contributed by atoms with van der Waals surface area (Å²) in [5.41, 5.74) is -1.94. The molecule has 0 aliphatic carbocycles. The van der Waals surface area contributed by atoms with Crippen LogP contribution in [0.1, 0.15) is 48.0 Å². The van der Waals surface area contributed by atoms with E-state index in [9.17, 15) is 9.59 Å². The SMILES string of the molecule is CCC(C)(C)OO/C(C(=O)O)=C(\C(=O)O)C(C)(C)C. The van der Waals surface area contributed by atoms with Crippen LogP contribution >= 0.6 is 0 Å². The van der Waals surface area contributed by atoms with Gasteiger partial charge in [-0.1, -0.05) is 27.7 Å². The van der Waals surface area contributed by atoms with Crippen molar-refractivity contribution in [2.75, 3.05) is 0 Å². The number of carbonyl (C=O) groups is 2. The van der Waals surface area contributed by atoms with Crippen LogP contribution in [-0.2, 0) is 19.4 Å². The summed E-state index contributed by atoms with van der Waals surface area (Å²) in [6, 6.07) is 0. The van der Waals surface area contributed by atoms with Crippen molar-refractivity contribution in [1.29, 1.82) is 0 Å². The summed E-state index contributed by atoms with van der Waals surface area (Å²) in [5.74, 6) is -3.51. The van der Waals surface area contributed by atoms with Crippen molar-refractivity contribution in [2.45, 2.75) is 53.6 Å². The topological polar surface area (TPSA) is 93.1 Å². The van der Waals surface area contributed by atoms with Gasteiger partial charge < -0.3 is 15.1 Å². The van der Waals surface area contributed by atoms with Crippen LogP contribution in [0.25, 0.3) is 0 Å². The predicted octanol–water partition coefficient (Wildman–Crippen LogP) is 2.59. The minimum absolute atomic E-state index is 0.341. The van der Waals surface area contributed by atoms with Crippen LogP contribution in [0.3, 0.4) is 0 Å². The van der Waals surface area contributed by atoms with Gasteiger partial charge in [0.25, 0.3) is 5.76 Å². The van der Waals surface area contributed by atoms with Gasteiger partial charge in [-0.25, -0.2) is 9.59 Å². The molecule has 0 rings (SSSR count). The fourth-order valence-corrected chi connectivity index (χ4v) is 1.16. The average Bonchev–Trinajstić information content (AvgIpc) is 2.21. The zero-order chi connectivity index (χ0) is 15.4. The van der Waals surface area contributed by atoms with E-state index in [-0.39, 0.29) is 5.57 Å². The Hall–Kier alpha value is -1.56. The Labute approximate surface area is 112 Å². The molecule has 6 nitrogen and oxygen atoms in total. The van der Waals surface area contributed by atoms with E-state index in [0.717, 1.165) is 0 Å². The second-order valence-electron chi connectivity index (χ2n) is 5.84. The lowest BCUT2D eigenvalue weighted by molar-refractivity contribution is -0.327. The van der Waals surface area contributed by atoms with Crippen LogP contribution in [-0.4, -0.2) is 27.8 Å². The second-order valence-corrected chi connectivity index (χ2v) is 5.84. The third kappa shape index (κ3) is 5.30. The maximum Gasteiger partial charge on any atom is 0.375 e. The van der Waals surface area contributed by atoms with Gasteiger partial charge in [0.1, 0.15) is 5.60 Å². The van der Waals surface area contributed by atoms with Crippen molar-refractivity contribution in [3.05, 3.63) is 11.3 Å². The zero-order valence-electron chi connectivity index (χ0n) is 12.2. The molecule has 2 N–H and O–H groups in total. The van der Waals surface area contributed by atoms with Gasteiger partial charge in [0.2, 0.25) is 0 Å². The molecule has 0 atom stereocenters. The van der Waals surface area contributed by atoms with Crippen molar-refractivity contribution in [1.82, 2.24) is 0 Å². The molecule has 0 aromatic rings. The van der Waals surface area contributed by atoms with Crippen LogP contribution < -0.4 is 0 Å². The Kier molecular flexibility index (Phi) is 5.56. The third-order valence-electron chi connectivity index (χ3n) is 2.59.